The highest BCUT2D eigenvalue weighted by atomic mass is 19.4. The molecule has 0 spiro atoms. The predicted octanol–water partition coefficient (Wildman–Crippen LogP) is 19.0. The van der Waals surface area contributed by atoms with Crippen LogP contribution in [-0.4, -0.2) is 44.1 Å². The molecule has 88 heavy (non-hydrogen) atoms. The first kappa shape index (κ1) is 55.8. The van der Waals surface area contributed by atoms with Gasteiger partial charge in [0, 0.05) is 69.3 Å². The number of halogens is 6. The molecular weight excluding hydrogens is 1120 g/mol. The van der Waals surface area contributed by atoms with E-state index < -0.39 is 23.7 Å². The van der Waals surface area contributed by atoms with Crippen molar-refractivity contribution in [1.29, 1.82) is 0 Å². The first-order valence-electron chi connectivity index (χ1n) is 28.1. The molecular formula is C73H49F6N9. The smallest absolute Gasteiger partial charge is 0.296 e. The summed E-state index contributed by atoms with van der Waals surface area (Å²) in [4.78, 5) is 19.5. The maximum Gasteiger partial charge on any atom is 0.435 e. The molecule has 0 saturated carbocycles. The SMILES string of the molecule is Cc1nc2ccccc2n1-c1ccccc1-c1ccccc1-c1ccc(-c2ccccc2)nc1-c1ccccc1-c1ccccc1.FC(F)(F)c1ccn(-c2ccccc2-c2cccnc2-c2ncccc2-c2ccccc2-n2ccc(C(F)(F)F)n2)n1. The molecule has 6 aromatic heterocycles. The number of benzene rings is 8. The Hall–Kier alpha value is -11.3. The van der Waals surface area contributed by atoms with E-state index in [-0.39, 0.29) is 0 Å². The predicted molar refractivity (Wildman–Crippen MR) is 333 cm³/mol. The minimum absolute atomic E-state index is 0.386. The summed E-state index contributed by atoms with van der Waals surface area (Å²) in [5, 5.41) is 7.47. The highest BCUT2D eigenvalue weighted by Crippen LogP contribution is 2.44. The van der Waals surface area contributed by atoms with E-state index in [9.17, 15) is 26.3 Å². The van der Waals surface area contributed by atoms with Gasteiger partial charge in [0.25, 0.3) is 0 Å². The summed E-state index contributed by atoms with van der Waals surface area (Å²) in [5.74, 6) is 0.956. The molecule has 0 N–H and O–H groups in total. The summed E-state index contributed by atoms with van der Waals surface area (Å²) >= 11 is 0. The van der Waals surface area contributed by atoms with Crippen molar-refractivity contribution in [3.05, 3.63) is 297 Å². The molecule has 14 aromatic rings. The van der Waals surface area contributed by atoms with Gasteiger partial charge in [0.15, 0.2) is 11.4 Å². The number of hydrogen-bond donors (Lipinski definition) is 0. The molecule has 15 heteroatoms. The number of alkyl halides is 6. The molecule has 0 fully saturated rings. The standard InChI is InChI=1S/C43H31N3.C30H18F6N6/c1-30-44-40-25-13-15-27-42(40)46(30)41-26-14-12-23-36(41)34-21-9-10-22-35(34)38-28-29-39(32-18-6-3-7-19-32)45-43(38)37-24-11-8-20-33(37)31-16-4-2-5-17-31;31-29(32,33)25-13-17-41(39-25)23-11-3-1-7-19(23)21-9-5-15-37-27(21)28-22(10-6-16-38-28)20-8-2-4-12-24(20)42-18-14-26(40-42)30(34,35)36/h2-29H,1H3;1-18H. The minimum atomic E-state index is -4.61. The van der Waals surface area contributed by atoms with Crippen LogP contribution >= 0.6 is 0 Å². The Morgan fingerprint density at radius 3 is 1.26 bits per heavy atom. The Kier molecular flexibility index (Phi) is 15.0. The monoisotopic (exact) mass is 1170 g/mol. The highest BCUT2D eigenvalue weighted by molar-refractivity contribution is 5.97. The second-order valence-corrected chi connectivity index (χ2v) is 20.5. The minimum Gasteiger partial charge on any atom is -0.296 e. The molecule has 8 aromatic carbocycles. The van der Waals surface area contributed by atoms with E-state index in [1.807, 2.05) is 12.1 Å². The third-order valence-electron chi connectivity index (χ3n) is 15.1. The van der Waals surface area contributed by atoms with Gasteiger partial charge in [-0.05, 0) is 95.9 Å². The van der Waals surface area contributed by atoms with Gasteiger partial charge in [-0.2, -0.15) is 36.5 Å². The molecule has 0 saturated heterocycles. The summed E-state index contributed by atoms with van der Waals surface area (Å²) in [6.07, 6.45) is -3.62. The number of hydrogen-bond acceptors (Lipinski definition) is 6. The van der Waals surface area contributed by atoms with Crippen molar-refractivity contribution in [1.82, 2.24) is 44.1 Å². The van der Waals surface area contributed by atoms with Crippen molar-refractivity contribution in [2.24, 2.45) is 0 Å². The lowest BCUT2D eigenvalue weighted by Gasteiger charge is -2.19. The van der Waals surface area contributed by atoms with Crippen molar-refractivity contribution >= 4 is 11.0 Å². The van der Waals surface area contributed by atoms with Crippen LogP contribution in [0.1, 0.15) is 17.2 Å². The molecule has 0 aliphatic carbocycles. The average molecular weight is 1170 g/mol. The maximum atomic E-state index is 13.3. The van der Waals surface area contributed by atoms with Crippen LogP contribution in [0.2, 0.25) is 0 Å². The lowest BCUT2D eigenvalue weighted by atomic mass is 9.88. The third kappa shape index (κ3) is 11.0. The number of imidazole rings is 1. The van der Waals surface area contributed by atoms with E-state index in [1.54, 1.807) is 85.2 Å². The van der Waals surface area contributed by atoms with Gasteiger partial charge >= 0.3 is 12.4 Å². The van der Waals surface area contributed by atoms with E-state index in [1.165, 1.54) is 12.4 Å². The summed E-state index contributed by atoms with van der Waals surface area (Å²) in [7, 11) is 0. The Morgan fingerprint density at radius 2 is 0.727 bits per heavy atom. The van der Waals surface area contributed by atoms with Crippen molar-refractivity contribution in [3.8, 4) is 107 Å². The molecule has 6 heterocycles. The van der Waals surface area contributed by atoms with Gasteiger partial charge in [-0.15, -0.1) is 0 Å². The molecule has 0 aliphatic rings. The van der Waals surface area contributed by atoms with E-state index in [4.69, 9.17) is 9.97 Å². The molecule has 0 radical (unpaired) electrons. The Balaban J connectivity index is 0.000000163. The lowest BCUT2D eigenvalue weighted by molar-refractivity contribution is -0.142. The molecule has 0 bridgehead atoms. The fourth-order valence-electron chi connectivity index (χ4n) is 11.2. The molecule has 0 atom stereocenters. The fourth-order valence-corrected chi connectivity index (χ4v) is 11.2. The molecule has 0 amide bonds. The van der Waals surface area contributed by atoms with E-state index in [2.05, 4.69) is 189 Å². The van der Waals surface area contributed by atoms with Crippen LogP contribution in [0.15, 0.2) is 280 Å². The number of pyridine rings is 3. The summed E-state index contributed by atoms with van der Waals surface area (Å²) in [6, 6.07) is 82.0. The number of nitrogens with zero attached hydrogens (tertiary/aromatic N) is 9. The molecule has 428 valence electrons. The number of aromatic nitrogens is 9. The van der Waals surface area contributed by atoms with Gasteiger partial charge in [-0.1, -0.05) is 188 Å². The van der Waals surface area contributed by atoms with Crippen LogP contribution in [-0.2, 0) is 12.4 Å². The normalized spacial score (nSPS) is 11.6. The fraction of sp³-hybridized carbons (Fsp3) is 0.0411. The zero-order valence-electron chi connectivity index (χ0n) is 46.9. The number of aryl methyl sites for hydroxylation is 1. The van der Waals surface area contributed by atoms with Gasteiger partial charge in [-0.25, -0.2) is 19.3 Å². The first-order valence-corrected chi connectivity index (χ1v) is 28.1. The van der Waals surface area contributed by atoms with Crippen molar-refractivity contribution in [3.63, 3.8) is 0 Å². The van der Waals surface area contributed by atoms with Crippen LogP contribution in [0.3, 0.4) is 0 Å². The highest BCUT2D eigenvalue weighted by Gasteiger charge is 2.35. The van der Waals surface area contributed by atoms with E-state index in [0.717, 1.165) is 99.9 Å². The van der Waals surface area contributed by atoms with E-state index in [0.29, 0.717) is 45.0 Å². The van der Waals surface area contributed by atoms with Gasteiger partial charge < -0.3 is 0 Å². The van der Waals surface area contributed by atoms with Crippen LogP contribution in [0, 0.1) is 6.92 Å². The van der Waals surface area contributed by atoms with Crippen LogP contribution in [0.5, 0.6) is 0 Å². The average Bonchev–Trinajstić information content (AvgIpc) is 1.43. The van der Waals surface area contributed by atoms with Crippen molar-refractivity contribution in [2.75, 3.05) is 0 Å². The first-order chi connectivity index (χ1) is 42.9. The number of fused-ring (bicyclic) bond motifs is 1. The topological polar surface area (TPSA) is 92.1 Å². The summed E-state index contributed by atoms with van der Waals surface area (Å²) in [5.41, 5.74) is 15.8. The second-order valence-electron chi connectivity index (χ2n) is 20.5. The Morgan fingerprint density at radius 1 is 0.318 bits per heavy atom. The lowest BCUT2D eigenvalue weighted by Crippen LogP contribution is -2.08. The molecule has 9 nitrogen and oxygen atoms in total. The third-order valence-corrected chi connectivity index (χ3v) is 15.1. The Bertz CT molecular complexity index is 4680. The maximum absolute atomic E-state index is 13.3. The summed E-state index contributed by atoms with van der Waals surface area (Å²) in [6.45, 7) is 2.08. The molecule has 0 unspecified atom stereocenters. The van der Waals surface area contributed by atoms with Gasteiger partial charge in [0.2, 0.25) is 0 Å². The van der Waals surface area contributed by atoms with Gasteiger partial charge in [0.05, 0.1) is 50.9 Å². The molecule has 0 aliphatic heterocycles. The Labute approximate surface area is 501 Å². The number of para-hydroxylation sites is 5. The summed E-state index contributed by atoms with van der Waals surface area (Å²) < 4.78 is 84.3. The van der Waals surface area contributed by atoms with Crippen LogP contribution in [0.4, 0.5) is 26.3 Å². The zero-order valence-corrected chi connectivity index (χ0v) is 46.9. The van der Waals surface area contributed by atoms with Crippen molar-refractivity contribution < 1.29 is 26.3 Å². The zero-order chi connectivity index (χ0) is 60.4. The van der Waals surface area contributed by atoms with Crippen molar-refractivity contribution in [2.45, 2.75) is 19.3 Å². The van der Waals surface area contributed by atoms with Gasteiger partial charge in [-0.3, -0.25) is 14.5 Å². The van der Waals surface area contributed by atoms with Gasteiger partial charge in [0.1, 0.15) is 5.82 Å². The second kappa shape index (κ2) is 23.6. The largest absolute Gasteiger partial charge is 0.435 e. The molecule has 14 rings (SSSR count). The van der Waals surface area contributed by atoms with Crippen LogP contribution < -0.4 is 0 Å². The van der Waals surface area contributed by atoms with Crippen LogP contribution in [0.25, 0.3) is 118 Å². The van der Waals surface area contributed by atoms with E-state index >= 15 is 0 Å². The quantitative estimate of drug-likeness (QED) is 0.120. The number of rotatable bonds is 11.